The molecule has 30 heavy (non-hydrogen) atoms. The van der Waals surface area contributed by atoms with Crippen LogP contribution in [0.3, 0.4) is 0 Å². The van der Waals surface area contributed by atoms with Crippen LogP contribution in [0.25, 0.3) is 11.3 Å². The molecule has 1 aliphatic heterocycles. The van der Waals surface area contributed by atoms with Crippen LogP contribution in [0, 0.1) is 6.92 Å². The molecular weight excluding hydrogens is 376 g/mol. The third-order valence-electron chi connectivity index (χ3n) is 5.23. The molecule has 6 nitrogen and oxygen atoms in total. The van der Waals surface area contributed by atoms with Gasteiger partial charge in [-0.25, -0.2) is 4.98 Å². The number of benzene rings is 1. The normalized spacial score (nSPS) is 14.0. The molecule has 0 radical (unpaired) electrons. The summed E-state index contributed by atoms with van der Waals surface area (Å²) in [5.74, 6) is 1.45. The van der Waals surface area contributed by atoms with Gasteiger partial charge >= 0.3 is 0 Å². The minimum absolute atomic E-state index is 0.272. The monoisotopic (exact) mass is 402 g/mol. The molecule has 3 aromatic rings. The van der Waals surface area contributed by atoms with E-state index in [-0.39, 0.29) is 5.91 Å². The number of ether oxygens (including phenoxy) is 1. The molecule has 6 heteroatoms. The summed E-state index contributed by atoms with van der Waals surface area (Å²) >= 11 is 0. The van der Waals surface area contributed by atoms with Crippen LogP contribution < -0.4 is 4.74 Å². The number of aromatic nitrogens is 3. The summed E-state index contributed by atoms with van der Waals surface area (Å²) in [5, 5.41) is 0. The lowest BCUT2D eigenvalue weighted by Gasteiger charge is -2.26. The number of carbonyl (C=O) groups is 1. The first kappa shape index (κ1) is 20.0. The Morgan fingerprint density at radius 3 is 2.67 bits per heavy atom. The number of hydrogen-bond donors (Lipinski definition) is 0. The van der Waals surface area contributed by atoms with Crippen LogP contribution in [0.4, 0.5) is 0 Å². The molecule has 0 N–H and O–H groups in total. The van der Waals surface area contributed by atoms with E-state index in [1.165, 1.54) is 0 Å². The zero-order valence-corrected chi connectivity index (χ0v) is 17.3. The molecule has 1 aromatic carbocycles. The first-order valence-corrected chi connectivity index (χ1v) is 10.5. The van der Waals surface area contributed by atoms with Crippen molar-refractivity contribution in [2.24, 2.45) is 0 Å². The largest absolute Gasteiger partial charge is 0.437 e. The molecule has 4 rings (SSSR count). The molecule has 154 valence electrons. The van der Waals surface area contributed by atoms with Gasteiger partial charge in [-0.05, 0) is 68.5 Å². The molecule has 1 saturated heterocycles. The number of piperidine rings is 1. The number of aryl methyl sites for hydroxylation is 2. The average Bonchev–Trinajstić information content (AvgIpc) is 2.77. The summed E-state index contributed by atoms with van der Waals surface area (Å²) < 4.78 is 5.88. The van der Waals surface area contributed by atoms with Crippen LogP contribution in [-0.4, -0.2) is 38.8 Å². The maximum atomic E-state index is 11.9. The average molecular weight is 402 g/mol. The second-order valence-corrected chi connectivity index (χ2v) is 7.64. The number of amides is 1. The van der Waals surface area contributed by atoms with Crippen molar-refractivity contribution in [3.8, 4) is 22.9 Å². The third-order valence-corrected chi connectivity index (χ3v) is 5.23. The Morgan fingerprint density at radius 2 is 1.90 bits per heavy atom. The summed E-state index contributed by atoms with van der Waals surface area (Å²) in [6, 6.07) is 11.9. The maximum Gasteiger partial charge on any atom is 0.238 e. The van der Waals surface area contributed by atoms with Crippen molar-refractivity contribution in [3.05, 3.63) is 66.2 Å². The fourth-order valence-electron chi connectivity index (χ4n) is 3.56. The van der Waals surface area contributed by atoms with Crippen molar-refractivity contribution in [3.63, 3.8) is 0 Å². The van der Waals surface area contributed by atoms with Crippen LogP contribution in [0.15, 0.2) is 55.0 Å². The van der Waals surface area contributed by atoms with Gasteiger partial charge in [-0.1, -0.05) is 6.07 Å². The van der Waals surface area contributed by atoms with Crippen molar-refractivity contribution in [1.29, 1.82) is 0 Å². The number of carbonyl (C=O) groups excluding carboxylic acids is 1. The Morgan fingerprint density at radius 1 is 1.03 bits per heavy atom. The van der Waals surface area contributed by atoms with Gasteiger partial charge in [0.2, 0.25) is 11.8 Å². The lowest BCUT2D eigenvalue weighted by Crippen LogP contribution is -2.36. The van der Waals surface area contributed by atoms with E-state index in [1.807, 2.05) is 48.4 Å². The standard InChI is InChI=1S/C24H26N4O2/c1-18-7-12-22(26-15-18)19-8-10-21(11-9-19)30-23-17-25-16-20(27-23)5-4-14-28-13-3-2-6-24(28)29/h7-12,15-17H,2-6,13-14H2,1H3. The van der Waals surface area contributed by atoms with E-state index >= 15 is 0 Å². The first-order chi connectivity index (χ1) is 14.7. The molecule has 1 fully saturated rings. The highest BCUT2D eigenvalue weighted by Gasteiger charge is 2.17. The lowest BCUT2D eigenvalue weighted by atomic mass is 10.1. The topological polar surface area (TPSA) is 68.2 Å². The van der Waals surface area contributed by atoms with Crippen molar-refractivity contribution in [2.75, 3.05) is 13.1 Å². The zero-order chi connectivity index (χ0) is 20.8. The van der Waals surface area contributed by atoms with E-state index in [9.17, 15) is 4.79 Å². The minimum atomic E-state index is 0.272. The van der Waals surface area contributed by atoms with E-state index < -0.39 is 0 Å². The maximum absolute atomic E-state index is 11.9. The number of hydrogen-bond acceptors (Lipinski definition) is 5. The number of likely N-dealkylation sites (tertiary alicyclic amines) is 1. The highest BCUT2D eigenvalue weighted by atomic mass is 16.5. The number of pyridine rings is 1. The molecule has 1 aliphatic rings. The second-order valence-electron chi connectivity index (χ2n) is 7.64. The minimum Gasteiger partial charge on any atom is -0.437 e. The predicted molar refractivity (Wildman–Crippen MR) is 115 cm³/mol. The molecule has 1 amide bonds. The Bertz CT molecular complexity index is 987. The van der Waals surface area contributed by atoms with E-state index in [2.05, 4.69) is 21.0 Å². The van der Waals surface area contributed by atoms with Gasteiger partial charge in [0.05, 0.1) is 17.6 Å². The van der Waals surface area contributed by atoms with Crippen molar-refractivity contribution >= 4 is 5.91 Å². The van der Waals surface area contributed by atoms with E-state index in [0.717, 1.165) is 61.3 Å². The van der Waals surface area contributed by atoms with Gasteiger partial charge in [-0.3, -0.25) is 14.8 Å². The Hall–Kier alpha value is -3.28. The third kappa shape index (κ3) is 5.20. The Kier molecular flexibility index (Phi) is 6.32. The van der Waals surface area contributed by atoms with Gasteiger partial charge < -0.3 is 9.64 Å². The van der Waals surface area contributed by atoms with Crippen LogP contribution >= 0.6 is 0 Å². The van der Waals surface area contributed by atoms with Gasteiger partial charge in [-0.15, -0.1) is 0 Å². The molecule has 0 atom stereocenters. The molecule has 0 bridgehead atoms. The second kappa shape index (κ2) is 9.48. The Labute approximate surface area is 177 Å². The molecule has 0 unspecified atom stereocenters. The summed E-state index contributed by atoms with van der Waals surface area (Å²) in [4.78, 5) is 27.1. The lowest BCUT2D eigenvalue weighted by molar-refractivity contribution is -0.133. The van der Waals surface area contributed by atoms with Gasteiger partial charge in [0.25, 0.3) is 0 Å². The highest BCUT2D eigenvalue weighted by molar-refractivity contribution is 5.76. The van der Waals surface area contributed by atoms with Gasteiger partial charge in [-0.2, -0.15) is 0 Å². The fraction of sp³-hybridized carbons (Fsp3) is 0.333. The van der Waals surface area contributed by atoms with Crippen molar-refractivity contribution in [2.45, 2.75) is 39.0 Å². The van der Waals surface area contributed by atoms with Gasteiger partial charge in [0.1, 0.15) is 5.75 Å². The number of rotatable bonds is 7. The summed E-state index contributed by atoms with van der Waals surface area (Å²) in [6.07, 6.45) is 9.69. The zero-order valence-electron chi connectivity index (χ0n) is 17.3. The molecular formula is C24H26N4O2. The van der Waals surface area contributed by atoms with Crippen LogP contribution in [-0.2, 0) is 11.2 Å². The van der Waals surface area contributed by atoms with E-state index in [1.54, 1.807) is 12.4 Å². The summed E-state index contributed by atoms with van der Waals surface area (Å²) in [6.45, 7) is 3.68. The molecule has 0 aliphatic carbocycles. The fourth-order valence-corrected chi connectivity index (χ4v) is 3.56. The summed E-state index contributed by atoms with van der Waals surface area (Å²) in [5.41, 5.74) is 3.98. The quantitative estimate of drug-likeness (QED) is 0.578. The predicted octanol–water partition coefficient (Wildman–Crippen LogP) is 4.58. The van der Waals surface area contributed by atoms with Crippen molar-refractivity contribution < 1.29 is 9.53 Å². The van der Waals surface area contributed by atoms with E-state index in [0.29, 0.717) is 18.1 Å². The van der Waals surface area contributed by atoms with Gasteiger partial charge in [0.15, 0.2) is 0 Å². The smallest absolute Gasteiger partial charge is 0.238 e. The molecule has 0 saturated carbocycles. The van der Waals surface area contributed by atoms with Crippen LogP contribution in [0.5, 0.6) is 11.6 Å². The number of nitrogens with zero attached hydrogens (tertiary/aromatic N) is 4. The Balaban J connectivity index is 1.33. The molecule has 3 heterocycles. The molecule has 0 spiro atoms. The SMILES string of the molecule is Cc1ccc(-c2ccc(Oc3cncc(CCCN4CCCCC4=O)n3)cc2)nc1. The van der Waals surface area contributed by atoms with E-state index in [4.69, 9.17) is 4.74 Å². The first-order valence-electron chi connectivity index (χ1n) is 10.5. The highest BCUT2D eigenvalue weighted by Crippen LogP contribution is 2.24. The van der Waals surface area contributed by atoms with Crippen LogP contribution in [0.1, 0.15) is 36.9 Å². The van der Waals surface area contributed by atoms with Crippen molar-refractivity contribution in [1.82, 2.24) is 19.9 Å². The van der Waals surface area contributed by atoms with Gasteiger partial charge in [0, 0.05) is 37.5 Å². The van der Waals surface area contributed by atoms with Crippen LogP contribution in [0.2, 0.25) is 0 Å². The summed E-state index contributed by atoms with van der Waals surface area (Å²) in [7, 11) is 0. The molecule has 2 aromatic heterocycles.